The Morgan fingerprint density at radius 3 is 2.73 bits per heavy atom. The lowest BCUT2D eigenvalue weighted by Gasteiger charge is -2.08. The SMILES string of the molecule is CC(=O)NCCOCCNc1ncc(-c2ccc3c(c2)CC(=O)N3)cn1. The number of carbonyl (C=O) groups excluding carboxylic acids is 2. The number of hydrogen-bond donors (Lipinski definition) is 3. The number of rotatable bonds is 8. The van der Waals surface area contributed by atoms with Crippen molar-refractivity contribution < 1.29 is 14.3 Å². The molecule has 0 radical (unpaired) electrons. The Kier molecular flexibility index (Phi) is 5.75. The van der Waals surface area contributed by atoms with Gasteiger partial charge >= 0.3 is 0 Å². The molecule has 1 aromatic carbocycles. The molecule has 2 amide bonds. The Labute approximate surface area is 151 Å². The number of aromatic nitrogens is 2. The number of amides is 2. The van der Waals surface area contributed by atoms with Crippen molar-refractivity contribution in [3.63, 3.8) is 0 Å². The van der Waals surface area contributed by atoms with Gasteiger partial charge in [-0.3, -0.25) is 9.59 Å². The van der Waals surface area contributed by atoms with Gasteiger partial charge in [-0.2, -0.15) is 0 Å². The number of nitrogens with zero attached hydrogens (tertiary/aromatic N) is 2. The highest BCUT2D eigenvalue weighted by Crippen LogP contribution is 2.28. The Balaban J connectivity index is 1.46. The average molecular weight is 355 g/mol. The van der Waals surface area contributed by atoms with Gasteiger partial charge in [-0.05, 0) is 23.3 Å². The molecule has 1 aromatic heterocycles. The third-order valence-corrected chi connectivity index (χ3v) is 3.87. The first-order valence-corrected chi connectivity index (χ1v) is 8.43. The number of benzene rings is 1. The van der Waals surface area contributed by atoms with Crippen LogP contribution < -0.4 is 16.0 Å². The third kappa shape index (κ3) is 4.76. The molecule has 26 heavy (non-hydrogen) atoms. The molecule has 136 valence electrons. The highest BCUT2D eigenvalue weighted by Gasteiger charge is 2.17. The summed E-state index contributed by atoms with van der Waals surface area (Å²) in [4.78, 5) is 30.7. The fourth-order valence-electron chi connectivity index (χ4n) is 2.61. The summed E-state index contributed by atoms with van der Waals surface area (Å²) in [5.74, 6) is 0.482. The first kappa shape index (κ1) is 17.8. The minimum absolute atomic E-state index is 0.0206. The van der Waals surface area contributed by atoms with Crippen molar-refractivity contribution in [2.24, 2.45) is 0 Å². The first-order valence-electron chi connectivity index (χ1n) is 8.43. The number of hydrogen-bond acceptors (Lipinski definition) is 6. The smallest absolute Gasteiger partial charge is 0.228 e. The van der Waals surface area contributed by atoms with Gasteiger partial charge < -0.3 is 20.7 Å². The summed E-state index contributed by atoms with van der Waals surface area (Å²) >= 11 is 0. The summed E-state index contributed by atoms with van der Waals surface area (Å²) in [6.45, 7) is 3.52. The highest BCUT2D eigenvalue weighted by atomic mass is 16.5. The van der Waals surface area contributed by atoms with E-state index in [1.807, 2.05) is 18.2 Å². The molecule has 0 atom stereocenters. The van der Waals surface area contributed by atoms with Crippen molar-refractivity contribution in [2.45, 2.75) is 13.3 Å². The largest absolute Gasteiger partial charge is 0.378 e. The van der Waals surface area contributed by atoms with Crippen molar-refractivity contribution >= 4 is 23.5 Å². The van der Waals surface area contributed by atoms with Crippen LogP contribution in [0.25, 0.3) is 11.1 Å². The van der Waals surface area contributed by atoms with Gasteiger partial charge in [-0.25, -0.2) is 9.97 Å². The number of fused-ring (bicyclic) bond motifs is 1. The molecule has 8 heteroatoms. The van der Waals surface area contributed by atoms with E-state index >= 15 is 0 Å². The van der Waals surface area contributed by atoms with E-state index in [0.29, 0.717) is 38.7 Å². The van der Waals surface area contributed by atoms with E-state index in [9.17, 15) is 9.59 Å². The average Bonchev–Trinajstić information content (AvgIpc) is 3.00. The first-order chi connectivity index (χ1) is 12.6. The fraction of sp³-hybridized carbons (Fsp3) is 0.333. The molecule has 0 saturated carbocycles. The topological polar surface area (TPSA) is 105 Å². The van der Waals surface area contributed by atoms with Gasteiger partial charge in [0.25, 0.3) is 0 Å². The van der Waals surface area contributed by atoms with E-state index in [2.05, 4.69) is 25.9 Å². The second kappa shape index (κ2) is 8.39. The van der Waals surface area contributed by atoms with Gasteiger partial charge in [0.2, 0.25) is 17.8 Å². The van der Waals surface area contributed by atoms with Crippen LogP contribution in [0.5, 0.6) is 0 Å². The molecule has 0 bridgehead atoms. The van der Waals surface area contributed by atoms with Crippen molar-refractivity contribution in [3.8, 4) is 11.1 Å². The quantitative estimate of drug-likeness (QED) is 0.615. The maximum absolute atomic E-state index is 11.4. The van der Waals surface area contributed by atoms with E-state index < -0.39 is 0 Å². The second-order valence-corrected chi connectivity index (χ2v) is 5.91. The predicted octanol–water partition coefficient (Wildman–Crippen LogP) is 1.20. The summed E-state index contributed by atoms with van der Waals surface area (Å²) in [7, 11) is 0. The summed E-state index contributed by atoms with van der Waals surface area (Å²) in [5.41, 5.74) is 3.74. The van der Waals surface area contributed by atoms with Gasteiger partial charge in [0.15, 0.2) is 0 Å². The van der Waals surface area contributed by atoms with Gasteiger partial charge in [-0.1, -0.05) is 6.07 Å². The molecule has 0 saturated heterocycles. The van der Waals surface area contributed by atoms with Gasteiger partial charge in [0, 0.05) is 43.7 Å². The van der Waals surface area contributed by atoms with E-state index in [1.165, 1.54) is 6.92 Å². The van der Waals surface area contributed by atoms with Crippen molar-refractivity contribution in [3.05, 3.63) is 36.2 Å². The number of carbonyl (C=O) groups is 2. The maximum Gasteiger partial charge on any atom is 0.228 e. The normalized spacial score (nSPS) is 12.4. The van der Waals surface area contributed by atoms with Gasteiger partial charge in [0.1, 0.15) is 0 Å². The Bertz CT molecular complexity index is 792. The molecular formula is C18H21N5O3. The van der Waals surface area contributed by atoms with Crippen LogP contribution in [-0.4, -0.2) is 48.1 Å². The molecule has 0 fully saturated rings. The molecule has 1 aliphatic heterocycles. The number of ether oxygens (including phenoxy) is 1. The lowest BCUT2D eigenvalue weighted by atomic mass is 10.0. The summed E-state index contributed by atoms with van der Waals surface area (Å²) < 4.78 is 5.38. The molecule has 1 aliphatic rings. The molecule has 0 aliphatic carbocycles. The lowest BCUT2D eigenvalue weighted by molar-refractivity contribution is -0.119. The minimum Gasteiger partial charge on any atom is -0.378 e. The van der Waals surface area contributed by atoms with E-state index in [0.717, 1.165) is 22.4 Å². The minimum atomic E-state index is -0.0635. The van der Waals surface area contributed by atoms with Crippen LogP contribution >= 0.6 is 0 Å². The van der Waals surface area contributed by atoms with Crippen LogP contribution in [0.2, 0.25) is 0 Å². The Hall–Kier alpha value is -3.00. The van der Waals surface area contributed by atoms with Crippen LogP contribution in [0.15, 0.2) is 30.6 Å². The Morgan fingerprint density at radius 1 is 1.19 bits per heavy atom. The molecule has 2 aromatic rings. The Morgan fingerprint density at radius 2 is 1.96 bits per heavy atom. The van der Waals surface area contributed by atoms with Crippen molar-refractivity contribution in [1.29, 1.82) is 0 Å². The van der Waals surface area contributed by atoms with Crippen LogP contribution in [0.3, 0.4) is 0 Å². The predicted molar refractivity (Wildman–Crippen MR) is 97.8 cm³/mol. The van der Waals surface area contributed by atoms with Crippen LogP contribution in [0.1, 0.15) is 12.5 Å². The molecule has 0 spiro atoms. The molecular weight excluding hydrogens is 334 g/mol. The number of nitrogens with one attached hydrogen (secondary N) is 3. The van der Waals surface area contributed by atoms with Crippen LogP contribution in [0.4, 0.5) is 11.6 Å². The van der Waals surface area contributed by atoms with Crippen molar-refractivity contribution in [2.75, 3.05) is 36.9 Å². The molecule has 2 heterocycles. The lowest BCUT2D eigenvalue weighted by Crippen LogP contribution is -2.25. The second-order valence-electron chi connectivity index (χ2n) is 5.91. The van der Waals surface area contributed by atoms with E-state index in [-0.39, 0.29) is 11.8 Å². The standard InChI is InChI=1S/C18H21N5O3/c1-12(24)19-4-6-26-7-5-20-18-21-10-15(11-22-18)13-2-3-16-14(8-13)9-17(25)23-16/h2-3,8,10-11H,4-7,9H2,1H3,(H,19,24)(H,23,25)(H,20,21,22). The fourth-order valence-corrected chi connectivity index (χ4v) is 2.61. The monoisotopic (exact) mass is 355 g/mol. The molecule has 3 N–H and O–H groups in total. The van der Waals surface area contributed by atoms with E-state index in [1.54, 1.807) is 12.4 Å². The zero-order valence-corrected chi connectivity index (χ0v) is 14.5. The highest BCUT2D eigenvalue weighted by molar-refractivity contribution is 5.99. The van der Waals surface area contributed by atoms with Gasteiger partial charge in [-0.15, -0.1) is 0 Å². The third-order valence-electron chi connectivity index (χ3n) is 3.87. The van der Waals surface area contributed by atoms with Gasteiger partial charge in [0.05, 0.1) is 19.6 Å². The zero-order valence-electron chi connectivity index (χ0n) is 14.5. The zero-order chi connectivity index (χ0) is 18.4. The summed E-state index contributed by atoms with van der Waals surface area (Å²) in [5, 5.41) is 8.56. The van der Waals surface area contributed by atoms with Crippen LogP contribution in [0, 0.1) is 0 Å². The van der Waals surface area contributed by atoms with Crippen molar-refractivity contribution in [1.82, 2.24) is 15.3 Å². The van der Waals surface area contributed by atoms with E-state index in [4.69, 9.17) is 4.74 Å². The summed E-state index contributed by atoms with van der Waals surface area (Å²) in [6.07, 6.45) is 3.91. The van der Waals surface area contributed by atoms with Crippen LogP contribution in [-0.2, 0) is 20.7 Å². The summed E-state index contributed by atoms with van der Waals surface area (Å²) in [6, 6.07) is 5.83. The molecule has 8 nitrogen and oxygen atoms in total. The molecule has 0 unspecified atom stereocenters. The maximum atomic E-state index is 11.4. The number of anilines is 2. The molecule has 3 rings (SSSR count).